The Balaban J connectivity index is 1.04. The fourth-order valence-corrected chi connectivity index (χ4v) is 5.73. The van der Waals surface area contributed by atoms with Gasteiger partial charge in [-0.2, -0.15) is 0 Å². The van der Waals surface area contributed by atoms with Gasteiger partial charge in [0.05, 0.1) is 64.0 Å². The summed E-state index contributed by atoms with van der Waals surface area (Å²) in [6.07, 6.45) is 8.03. The predicted octanol–water partition coefficient (Wildman–Crippen LogP) is 8.11. The van der Waals surface area contributed by atoms with E-state index >= 15 is 0 Å². The largest absolute Gasteiger partial charge is 0.494 e. The van der Waals surface area contributed by atoms with E-state index in [0.717, 1.165) is 104 Å². The third kappa shape index (κ3) is 12.9. The second-order valence-electron chi connectivity index (χ2n) is 14.5. The maximum atomic E-state index is 13.1. The van der Waals surface area contributed by atoms with Crippen molar-refractivity contribution in [2.24, 2.45) is 10.8 Å². The summed E-state index contributed by atoms with van der Waals surface area (Å²) >= 11 is 0. The Bertz CT molecular complexity index is 1520. The first-order valence-electron chi connectivity index (χ1n) is 18.6. The number of hydrogen-bond acceptors (Lipinski definition) is 10. The van der Waals surface area contributed by atoms with Gasteiger partial charge in [-0.3, -0.25) is 0 Å². The van der Waals surface area contributed by atoms with E-state index in [1.807, 2.05) is 6.07 Å². The van der Waals surface area contributed by atoms with Gasteiger partial charge in [-0.1, -0.05) is 44.9 Å². The molecule has 0 bridgehead atoms. The zero-order valence-corrected chi connectivity index (χ0v) is 30.7. The first-order valence-corrected chi connectivity index (χ1v) is 18.6. The van der Waals surface area contributed by atoms with Gasteiger partial charge in [-0.05, 0) is 87.1 Å². The summed E-state index contributed by atoms with van der Waals surface area (Å²) in [5.41, 5.74) is 1.09. The van der Waals surface area contributed by atoms with Gasteiger partial charge in [-0.15, -0.1) is 0 Å². The molecule has 0 spiro atoms. The Kier molecular flexibility index (Phi) is 15.3. The summed E-state index contributed by atoms with van der Waals surface area (Å²) in [6, 6.07) is 20.3. The Hall–Kier alpha value is -3.96. The lowest BCUT2D eigenvalue weighted by molar-refractivity contribution is -0.138. The molecule has 0 aromatic heterocycles. The van der Waals surface area contributed by atoms with Gasteiger partial charge in [0.2, 0.25) is 0 Å². The zero-order chi connectivity index (χ0) is 36.5. The molecule has 282 valence electrons. The summed E-state index contributed by atoms with van der Waals surface area (Å²) in [6.45, 7) is 11.6. The van der Waals surface area contributed by atoms with Crippen molar-refractivity contribution in [1.29, 1.82) is 0 Å². The average Bonchev–Trinajstić information content (AvgIpc) is 3.13. The molecule has 0 amide bonds. The lowest BCUT2D eigenvalue weighted by Gasteiger charge is -2.37. The SMILES string of the molecule is CC1(COCCCCCCOc2ccc(C(=O)Oc3ccc(OCCCCCCOCC4(C)COC4)cc3OC(=O)c3ccccc3)cc2)COC1. The fraction of sp³-hybridized carbons (Fsp3) is 0.524. The molecule has 0 aliphatic carbocycles. The Labute approximate surface area is 308 Å². The summed E-state index contributed by atoms with van der Waals surface area (Å²) in [5, 5.41) is 0. The van der Waals surface area contributed by atoms with Crippen LogP contribution in [0.5, 0.6) is 23.0 Å². The van der Waals surface area contributed by atoms with E-state index in [4.69, 9.17) is 37.9 Å². The Morgan fingerprint density at radius 2 is 1.00 bits per heavy atom. The normalized spacial score (nSPS) is 15.6. The number of unbranched alkanes of at least 4 members (excludes halogenated alkanes) is 6. The topological polar surface area (TPSA) is 108 Å². The number of hydrogen-bond donors (Lipinski definition) is 0. The standard InChI is InChI=1S/C42H54O10/c1-41(29-47-30-41)27-45-22-10-3-5-12-24-49-35-18-16-34(17-19-35)40(44)51-37-21-20-36(26-38(37)52-39(43)33-14-8-7-9-15-33)50-25-13-6-4-11-23-46-28-42(2)31-48-32-42/h7-9,14-21,26H,3-6,10-13,22-25,27-32H2,1-2H3. The highest BCUT2D eigenvalue weighted by Gasteiger charge is 2.34. The number of benzene rings is 3. The van der Waals surface area contributed by atoms with Crippen molar-refractivity contribution >= 4 is 11.9 Å². The molecular weight excluding hydrogens is 664 g/mol. The van der Waals surface area contributed by atoms with Crippen LogP contribution in [0, 0.1) is 10.8 Å². The molecular formula is C42H54O10. The number of carbonyl (C=O) groups is 2. The predicted molar refractivity (Wildman–Crippen MR) is 197 cm³/mol. The van der Waals surface area contributed by atoms with E-state index < -0.39 is 11.9 Å². The second-order valence-corrected chi connectivity index (χ2v) is 14.5. The quantitative estimate of drug-likeness (QED) is 0.0512. The van der Waals surface area contributed by atoms with Crippen molar-refractivity contribution in [1.82, 2.24) is 0 Å². The highest BCUT2D eigenvalue weighted by molar-refractivity contribution is 5.93. The smallest absolute Gasteiger partial charge is 0.343 e. The van der Waals surface area contributed by atoms with E-state index in [1.165, 1.54) is 0 Å². The van der Waals surface area contributed by atoms with Crippen LogP contribution in [-0.2, 0) is 18.9 Å². The van der Waals surface area contributed by atoms with Crippen LogP contribution < -0.4 is 18.9 Å². The lowest BCUT2D eigenvalue weighted by Crippen LogP contribution is -2.43. The molecule has 52 heavy (non-hydrogen) atoms. The van der Waals surface area contributed by atoms with Gasteiger partial charge in [0, 0.05) is 30.1 Å². The van der Waals surface area contributed by atoms with Crippen LogP contribution in [0.1, 0.15) is 85.9 Å². The van der Waals surface area contributed by atoms with Gasteiger partial charge in [0.1, 0.15) is 11.5 Å². The van der Waals surface area contributed by atoms with Crippen LogP contribution in [0.4, 0.5) is 0 Å². The maximum Gasteiger partial charge on any atom is 0.343 e. The third-order valence-corrected chi connectivity index (χ3v) is 9.03. The summed E-state index contributed by atoms with van der Waals surface area (Å²) < 4.78 is 45.4. The molecule has 2 aliphatic heterocycles. The van der Waals surface area contributed by atoms with Gasteiger partial charge in [-0.25, -0.2) is 9.59 Å². The molecule has 0 atom stereocenters. The van der Waals surface area contributed by atoms with E-state index in [0.29, 0.717) is 35.8 Å². The molecule has 3 aromatic carbocycles. The molecule has 2 saturated heterocycles. The van der Waals surface area contributed by atoms with Gasteiger partial charge in [0.15, 0.2) is 11.5 Å². The molecule has 0 saturated carbocycles. The number of rotatable bonds is 24. The highest BCUT2D eigenvalue weighted by Crippen LogP contribution is 2.33. The monoisotopic (exact) mass is 718 g/mol. The van der Waals surface area contributed by atoms with Crippen molar-refractivity contribution in [2.75, 3.05) is 66.1 Å². The zero-order valence-electron chi connectivity index (χ0n) is 30.7. The number of ether oxygens (including phenoxy) is 8. The van der Waals surface area contributed by atoms with Crippen molar-refractivity contribution in [3.63, 3.8) is 0 Å². The van der Waals surface area contributed by atoms with Crippen LogP contribution in [-0.4, -0.2) is 78.0 Å². The molecule has 0 N–H and O–H groups in total. The Morgan fingerprint density at radius 3 is 1.52 bits per heavy atom. The average molecular weight is 719 g/mol. The minimum Gasteiger partial charge on any atom is -0.494 e. The van der Waals surface area contributed by atoms with E-state index in [9.17, 15) is 9.59 Å². The fourth-order valence-electron chi connectivity index (χ4n) is 5.73. The van der Waals surface area contributed by atoms with Crippen LogP contribution in [0.15, 0.2) is 72.8 Å². The summed E-state index contributed by atoms with van der Waals surface area (Å²) in [5.74, 6) is 0.241. The summed E-state index contributed by atoms with van der Waals surface area (Å²) in [4.78, 5) is 26.1. The molecule has 10 nitrogen and oxygen atoms in total. The lowest BCUT2D eigenvalue weighted by atomic mass is 9.90. The number of carbonyl (C=O) groups excluding carboxylic acids is 2. The van der Waals surface area contributed by atoms with Gasteiger partial charge < -0.3 is 37.9 Å². The van der Waals surface area contributed by atoms with E-state index in [1.54, 1.807) is 66.7 Å². The molecule has 10 heteroatoms. The van der Waals surface area contributed by atoms with Crippen molar-refractivity contribution < 1.29 is 47.5 Å². The maximum absolute atomic E-state index is 13.1. The molecule has 2 aliphatic rings. The molecule has 2 heterocycles. The van der Waals surface area contributed by atoms with Gasteiger partial charge in [0.25, 0.3) is 0 Å². The van der Waals surface area contributed by atoms with E-state index in [2.05, 4.69) is 13.8 Å². The first kappa shape index (κ1) is 39.3. The van der Waals surface area contributed by atoms with Crippen LogP contribution in [0.25, 0.3) is 0 Å². The van der Waals surface area contributed by atoms with Crippen molar-refractivity contribution in [3.05, 3.63) is 83.9 Å². The van der Waals surface area contributed by atoms with Crippen molar-refractivity contribution in [2.45, 2.75) is 65.2 Å². The molecule has 2 fully saturated rings. The highest BCUT2D eigenvalue weighted by atomic mass is 16.6. The molecule has 3 aromatic rings. The molecule has 5 rings (SSSR count). The molecule has 0 radical (unpaired) electrons. The molecule has 0 unspecified atom stereocenters. The van der Waals surface area contributed by atoms with Crippen LogP contribution in [0.3, 0.4) is 0 Å². The van der Waals surface area contributed by atoms with Crippen LogP contribution >= 0.6 is 0 Å². The summed E-state index contributed by atoms with van der Waals surface area (Å²) in [7, 11) is 0. The van der Waals surface area contributed by atoms with Crippen LogP contribution in [0.2, 0.25) is 0 Å². The number of esters is 2. The van der Waals surface area contributed by atoms with Gasteiger partial charge >= 0.3 is 11.9 Å². The third-order valence-electron chi connectivity index (χ3n) is 9.03. The van der Waals surface area contributed by atoms with Crippen molar-refractivity contribution in [3.8, 4) is 23.0 Å². The minimum atomic E-state index is -0.586. The Morgan fingerprint density at radius 1 is 0.538 bits per heavy atom. The minimum absolute atomic E-state index is 0.0937. The second kappa shape index (κ2) is 20.3. The first-order chi connectivity index (χ1) is 25.3. The van der Waals surface area contributed by atoms with E-state index in [-0.39, 0.29) is 22.3 Å².